The molecule has 0 aliphatic heterocycles. The zero-order valence-corrected chi connectivity index (χ0v) is 17.2. The summed E-state index contributed by atoms with van der Waals surface area (Å²) in [4.78, 5) is 12.4. The molecule has 1 amide bonds. The number of unbranched alkanes of at least 4 members (excludes halogenated alkanes) is 1. The molecule has 0 fully saturated rings. The van der Waals surface area contributed by atoms with E-state index in [1.165, 1.54) is 18.2 Å². The van der Waals surface area contributed by atoms with Crippen LogP contribution in [0.5, 0.6) is 0 Å². The highest BCUT2D eigenvalue weighted by atomic mass is 35.5. The van der Waals surface area contributed by atoms with Gasteiger partial charge in [-0.1, -0.05) is 66.9 Å². The summed E-state index contributed by atoms with van der Waals surface area (Å²) in [5.41, 5.74) is 0.841. The molecule has 0 spiro atoms. The second kappa shape index (κ2) is 10.1. The van der Waals surface area contributed by atoms with Gasteiger partial charge >= 0.3 is 0 Å². The van der Waals surface area contributed by atoms with Crippen molar-refractivity contribution in [2.45, 2.75) is 37.1 Å². The standard InChI is InChI=1S/C19H22Cl2N2O3S/c1-2-3-11-22-19(24)17(12-14-7-5-4-6-8-14)23-27(25,26)18-13-15(20)9-10-16(18)21/h4-10,13,17,23H,2-3,11-12H2,1H3,(H,22,24)/t17-/m0/s1. The number of hydrogen-bond donors (Lipinski definition) is 2. The molecule has 27 heavy (non-hydrogen) atoms. The second-order valence-electron chi connectivity index (χ2n) is 6.08. The van der Waals surface area contributed by atoms with Crippen LogP contribution in [-0.2, 0) is 21.2 Å². The van der Waals surface area contributed by atoms with Crippen molar-refractivity contribution < 1.29 is 13.2 Å². The van der Waals surface area contributed by atoms with Crippen LogP contribution in [0.3, 0.4) is 0 Å². The summed E-state index contributed by atoms with van der Waals surface area (Å²) >= 11 is 11.9. The van der Waals surface area contributed by atoms with Gasteiger partial charge in [0.05, 0.1) is 5.02 Å². The predicted molar refractivity (Wildman–Crippen MR) is 109 cm³/mol. The molecule has 0 unspecified atom stereocenters. The number of amides is 1. The van der Waals surface area contributed by atoms with Crippen molar-refractivity contribution in [3.05, 3.63) is 64.1 Å². The maximum absolute atomic E-state index is 12.8. The molecule has 2 aromatic carbocycles. The van der Waals surface area contributed by atoms with Crippen LogP contribution in [-0.4, -0.2) is 26.9 Å². The molecule has 0 saturated carbocycles. The maximum Gasteiger partial charge on any atom is 0.242 e. The lowest BCUT2D eigenvalue weighted by Gasteiger charge is -2.19. The topological polar surface area (TPSA) is 75.3 Å². The molecule has 0 aliphatic carbocycles. The van der Waals surface area contributed by atoms with Gasteiger partial charge in [-0.3, -0.25) is 4.79 Å². The summed E-state index contributed by atoms with van der Waals surface area (Å²) in [6.07, 6.45) is 1.96. The molecule has 5 nitrogen and oxygen atoms in total. The number of carbonyl (C=O) groups excluding carboxylic acids is 1. The van der Waals surface area contributed by atoms with Crippen LogP contribution in [0.1, 0.15) is 25.3 Å². The molecule has 0 saturated heterocycles. The number of halogens is 2. The third kappa shape index (κ3) is 6.50. The number of benzene rings is 2. The number of rotatable bonds is 9. The van der Waals surface area contributed by atoms with E-state index in [4.69, 9.17) is 23.2 Å². The Hall–Kier alpha value is -1.60. The molecule has 0 aromatic heterocycles. The van der Waals surface area contributed by atoms with Crippen LogP contribution in [0.2, 0.25) is 10.0 Å². The first-order valence-electron chi connectivity index (χ1n) is 8.62. The number of sulfonamides is 1. The van der Waals surface area contributed by atoms with E-state index in [0.717, 1.165) is 18.4 Å². The molecule has 0 heterocycles. The van der Waals surface area contributed by atoms with Crippen molar-refractivity contribution in [3.8, 4) is 0 Å². The van der Waals surface area contributed by atoms with E-state index in [9.17, 15) is 13.2 Å². The molecule has 146 valence electrons. The summed E-state index contributed by atoms with van der Waals surface area (Å²) in [5.74, 6) is -0.381. The van der Waals surface area contributed by atoms with Crippen molar-refractivity contribution in [2.75, 3.05) is 6.54 Å². The average Bonchev–Trinajstić information content (AvgIpc) is 2.64. The fraction of sp³-hybridized carbons (Fsp3) is 0.316. The Labute approximate surface area is 170 Å². The predicted octanol–water partition coefficient (Wildman–Crippen LogP) is 3.80. The summed E-state index contributed by atoms with van der Waals surface area (Å²) in [5, 5.41) is 3.06. The van der Waals surface area contributed by atoms with Crippen LogP contribution in [0.25, 0.3) is 0 Å². The van der Waals surface area contributed by atoms with E-state index < -0.39 is 16.1 Å². The van der Waals surface area contributed by atoms with Crippen molar-refractivity contribution in [3.63, 3.8) is 0 Å². The van der Waals surface area contributed by atoms with E-state index in [0.29, 0.717) is 6.54 Å². The molecule has 8 heteroatoms. The largest absolute Gasteiger partial charge is 0.355 e. The minimum atomic E-state index is -4.04. The van der Waals surface area contributed by atoms with Gasteiger partial charge in [0.15, 0.2) is 0 Å². The van der Waals surface area contributed by atoms with E-state index in [-0.39, 0.29) is 27.3 Å². The first kappa shape index (κ1) is 21.7. The molecular weight excluding hydrogens is 407 g/mol. The maximum atomic E-state index is 12.8. The van der Waals surface area contributed by atoms with Gasteiger partial charge in [0.25, 0.3) is 0 Å². The van der Waals surface area contributed by atoms with Crippen LogP contribution < -0.4 is 10.0 Å². The summed E-state index contributed by atoms with van der Waals surface area (Å²) in [6.45, 7) is 2.50. The van der Waals surface area contributed by atoms with Gasteiger partial charge in [-0.2, -0.15) is 4.72 Å². The van der Waals surface area contributed by atoms with E-state index in [1.807, 2.05) is 37.3 Å². The normalized spacial score (nSPS) is 12.6. The number of carbonyl (C=O) groups is 1. The fourth-order valence-corrected chi connectivity index (χ4v) is 4.44. The van der Waals surface area contributed by atoms with Gasteiger partial charge in [0.1, 0.15) is 10.9 Å². The van der Waals surface area contributed by atoms with Gasteiger partial charge < -0.3 is 5.32 Å². The minimum Gasteiger partial charge on any atom is -0.355 e. The molecule has 1 atom stereocenters. The molecule has 2 N–H and O–H groups in total. The van der Waals surface area contributed by atoms with Crippen LogP contribution in [0.4, 0.5) is 0 Å². The van der Waals surface area contributed by atoms with Gasteiger partial charge in [-0.15, -0.1) is 0 Å². The molecular formula is C19H22Cl2N2O3S. The summed E-state index contributed by atoms with van der Waals surface area (Å²) in [6, 6.07) is 12.4. The van der Waals surface area contributed by atoms with Gasteiger partial charge in [0, 0.05) is 11.6 Å². The molecule has 0 aliphatic rings. The number of hydrogen-bond acceptors (Lipinski definition) is 3. The highest BCUT2D eigenvalue weighted by molar-refractivity contribution is 7.89. The number of nitrogens with one attached hydrogen (secondary N) is 2. The monoisotopic (exact) mass is 428 g/mol. The summed E-state index contributed by atoms with van der Waals surface area (Å²) < 4.78 is 28.1. The van der Waals surface area contributed by atoms with Gasteiger partial charge in [-0.05, 0) is 36.6 Å². The quantitative estimate of drug-likeness (QED) is 0.596. The van der Waals surface area contributed by atoms with Crippen molar-refractivity contribution in [2.24, 2.45) is 0 Å². The highest BCUT2D eigenvalue weighted by Gasteiger charge is 2.27. The lowest BCUT2D eigenvalue weighted by Crippen LogP contribution is -2.48. The zero-order chi connectivity index (χ0) is 19.9. The fourth-order valence-electron chi connectivity index (χ4n) is 2.48. The van der Waals surface area contributed by atoms with Crippen LogP contribution in [0, 0.1) is 0 Å². The molecule has 0 radical (unpaired) electrons. The lowest BCUT2D eigenvalue weighted by molar-refractivity contribution is -0.122. The zero-order valence-electron chi connectivity index (χ0n) is 14.9. The lowest BCUT2D eigenvalue weighted by atomic mass is 10.1. The SMILES string of the molecule is CCCCNC(=O)[C@H](Cc1ccccc1)NS(=O)(=O)c1cc(Cl)ccc1Cl. The Balaban J connectivity index is 2.26. The second-order valence-corrected chi connectivity index (χ2v) is 8.61. The Morgan fingerprint density at radius 2 is 1.81 bits per heavy atom. The smallest absolute Gasteiger partial charge is 0.242 e. The third-order valence-corrected chi connectivity index (χ3v) is 6.10. The Morgan fingerprint density at radius 3 is 2.48 bits per heavy atom. The molecule has 0 bridgehead atoms. The van der Waals surface area contributed by atoms with E-state index >= 15 is 0 Å². The van der Waals surface area contributed by atoms with Crippen molar-refractivity contribution >= 4 is 39.1 Å². The van der Waals surface area contributed by atoms with E-state index in [2.05, 4.69) is 10.0 Å². The van der Waals surface area contributed by atoms with E-state index in [1.54, 1.807) is 0 Å². The van der Waals surface area contributed by atoms with Crippen molar-refractivity contribution in [1.82, 2.24) is 10.0 Å². The third-order valence-electron chi connectivity index (χ3n) is 3.91. The van der Waals surface area contributed by atoms with Gasteiger partial charge in [0.2, 0.25) is 15.9 Å². The summed E-state index contributed by atoms with van der Waals surface area (Å²) in [7, 11) is -4.04. The Bertz CT molecular complexity index is 874. The van der Waals surface area contributed by atoms with Crippen molar-refractivity contribution in [1.29, 1.82) is 0 Å². The van der Waals surface area contributed by atoms with Crippen LogP contribution in [0.15, 0.2) is 53.4 Å². The first-order chi connectivity index (χ1) is 12.8. The van der Waals surface area contributed by atoms with Gasteiger partial charge in [-0.25, -0.2) is 8.42 Å². The Kier molecular flexibility index (Phi) is 8.10. The first-order valence-corrected chi connectivity index (χ1v) is 10.9. The highest BCUT2D eigenvalue weighted by Crippen LogP contribution is 2.25. The minimum absolute atomic E-state index is 0.0387. The average molecular weight is 429 g/mol. The Morgan fingerprint density at radius 1 is 1.11 bits per heavy atom. The van der Waals surface area contributed by atoms with Crippen LogP contribution >= 0.6 is 23.2 Å². The molecule has 2 rings (SSSR count). The molecule has 2 aromatic rings.